The Balaban J connectivity index is 0. The largest absolute Gasteiger partial charge is 0.463 e. The molecule has 0 radical (unpaired) electrons. The highest BCUT2D eigenvalue weighted by atomic mass is 16.5. The highest BCUT2D eigenvalue weighted by molar-refractivity contribution is 5.81. The Bertz CT molecular complexity index is 128. The fourth-order valence-corrected chi connectivity index (χ4v) is 0.550. The Morgan fingerprint density at radius 3 is 2.07 bits per heavy atom. The average molecular weight is 202 g/mol. The summed E-state index contributed by atoms with van der Waals surface area (Å²) in [5.41, 5.74) is 0. The molecule has 0 spiro atoms. The van der Waals surface area contributed by atoms with Crippen molar-refractivity contribution in [3.63, 3.8) is 0 Å². The maximum Gasteiger partial charge on any atom is 0.330 e. The predicted molar refractivity (Wildman–Crippen MR) is 58.2 cm³/mol. The van der Waals surface area contributed by atoms with Crippen LogP contribution in [0.25, 0.3) is 0 Å². The topological polar surface area (TPSA) is 35.5 Å². The van der Waals surface area contributed by atoms with E-state index in [4.69, 9.17) is 4.74 Å². The van der Waals surface area contributed by atoms with Crippen molar-refractivity contribution < 1.29 is 14.3 Å². The second kappa shape index (κ2) is 14.7. The molecule has 0 aromatic rings. The minimum atomic E-state index is -0.341. The van der Waals surface area contributed by atoms with Crippen LogP contribution in [0, 0.1) is 0 Å². The van der Waals surface area contributed by atoms with Gasteiger partial charge >= 0.3 is 5.97 Å². The van der Waals surface area contributed by atoms with Crippen LogP contribution in [-0.2, 0) is 14.3 Å². The molecule has 0 atom stereocenters. The third kappa shape index (κ3) is 17.3. The molecule has 0 saturated heterocycles. The monoisotopic (exact) mass is 202 g/mol. The lowest BCUT2D eigenvalue weighted by Gasteiger charge is -1.94. The summed E-state index contributed by atoms with van der Waals surface area (Å²) in [5, 5.41) is 0. The number of rotatable bonds is 6. The molecule has 0 aromatic carbocycles. The molecule has 84 valence electrons. The van der Waals surface area contributed by atoms with Crippen LogP contribution in [-0.4, -0.2) is 25.8 Å². The lowest BCUT2D eigenvalue weighted by Crippen LogP contribution is -1.99. The van der Waals surface area contributed by atoms with Gasteiger partial charge in [0.1, 0.15) is 0 Å². The summed E-state index contributed by atoms with van der Waals surface area (Å²) >= 11 is 0. The predicted octanol–water partition coefficient (Wildman–Crippen LogP) is 2.56. The zero-order valence-electron chi connectivity index (χ0n) is 9.54. The first kappa shape index (κ1) is 15.6. The molecule has 0 bridgehead atoms. The summed E-state index contributed by atoms with van der Waals surface area (Å²) in [4.78, 5) is 10.2. The van der Waals surface area contributed by atoms with E-state index in [0.717, 1.165) is 32.1 Å². The number of hydrogen-bond donors (Lipinski definition) is 0. The van der Waals surface area contributed by atoms with Crippen molar-refractivity contribution in [2.75, 3.05) is 19.8 Å². The summed E-state index contributed by atoms with van der Waals surface area (Å²) in [6.07, 6.45) is 3.16. The molecule has 0 amide bonds. The Kier molecular flexibility index (Phi) is 16.4. The van der Waals surface area contributed by atoms with Gasteiger partial charge in [-0.1, -0.05) is 20.4 Å². The van der Waals surface area contributed by atoms with Gasteiger partial charge in [0, 0.05) is 19.3 Å². The fourth-order valence-electron chi connectivity index (χ4n) is 0.550. The van der Waals surface area contributed by atoms with E-state index >= 15 is 0 Å². The summed E-state index contributed by atoms with van der Waals surface area (Å²) in [6.45, 7) is 11.6. The van der Waals surface area contributed by atoms with Crippen molar-refractivity contribution in [2.45, 2.75) is 33.6 Å². The molecule has 0 unspecified atom stereocenters. The van der Waals surface area contributed by atoms with Crippen LogP contribution in [0.2, 0.25) is 0 Å². The number of hydrogen-bond acceptors (Lipinski definition) is 3. The van der Waals surface area contributed by atoms with Crippen molar-refractivity contribution in [1.29, 1.82) is 0 Å². The first-order valence-electron chi connectivity index (χ1n) is 5.09. The molecule has 0 aromatic heterocycles. The fraction of sp³-hybridized carbons (Fsp3) is 0.727. The molecule has 0 aliphatic heterocycles. The smallest absolute Gasteiger partial charge is 0.330 e. The molecule has 0 aliphatic rings. The van der Waals surface area contributed by atoms with Crippen LogP contribution in [0.1, 0.15) is 33.6 Å². The SMILES string of the molecule is C=CC(=O)OCCC.CCCOCC. The second-order valence-electron chi connectivity index (χ2n) is 2.57. The molecule has 0 N–H and O–H groups in total. The highest BCUT2D eigenvalue weighted by Crippen LogP contribution is 1.81. The Morgan fingerprint density at radius 2 is 1.79 bits per heavy atom. The zero-order chi connectivity index (χ0) is 11.2. The molecule has 0 fully saturated rings. The van der Waals surface area contributed by atoms with E-state index in [9.17, 15) is 4.79 Å². The molecule has 14 heavy (non-hydrogen) atoms. The van der Waals surface area contributed by atoms with E-state index in [-0.39, 0.29) is 5.97 Å². The molecule has 3 heteroatoms. The van der Waals surface area contributed by atoms with Gasteiger partial charge in [-0.15, -0.1) is 0 Å². The minimum absolute atomic E-state index is 0.341. The van der Waals surface area contributed by atoms with Gasteiger partial charge in [0.15, 0.2) is 0 Å². The van der Waals surface area contributed by atoms with E-state index in [1.54, 1.807) is 0 Å². The number of carbonyl (C=O) groups is 1. The van der Waals surface area contributed by atoms with Gasteiger partial charge in [-0.25, -0.2) is 4.79 Å². The van der Waals surface area contributed by atoms with Crippen LogP contribution in [0.4, 0.5) is 0 Å². The molecular formula is C11H22O3. The lowest BCUT2D eigenvalue weighted by molar-refractivity contribution is -0.137. The third-order valence-electron chi connectivity index (χ3n) is 1.17. The summed E-state index contributed by atoms with van der Waals surface area (Å²) in [7, 11) is 0. The Morgan fingerprint density at radius 1 is 1.21 bits per heavy atom. The second-order valence-corrected chi connectivity index (χ2v) is 2.57. The van der Waals surface area contributed by atoms with Crippen molar-refractivity contribution in [3.05, 3.63) is 12.7 Å². The normalized spacial score (nSPS) is 8.50. The van der Waals surface area contributed by atoms with Crippen LogP contribution >= 0.6 is 0 Å². The lowest BCUT2D eigenvalue weighted by atomic mass is 10.5. The van der Waals surface area contributed by atoms with E-state index in [1.807, 2.05) is 13.8 Å². The van der Waals surface area contributed by atoms with Gasteiger partial charge in [0.2, 0.25) is 0 Å². The minimum Gasteiger partial charge on any atom is -0.463 e. The van der Waals surface area contributed by atoms with Gasteiger partial charge < -0.3 is 9.47 Å². The molecular weight excluding hydrogens is 180 g/mol. The van der Waals surface area contributed by atoms with E-state index in [2.05, 4.69) is 18.2 Å². The average Bonchev–Trinajstić information content (AvgIpc) is 2.23. The maximum atomic E-state index is 10.2. The van der Waals surface area contributed by atoms with Gasteiger partial charge in [0.05, 0.1) is 6.61 Å². The van der Waals surface area contributed by atoms with Crippen molar-refractivity contribution in [3.8, 4) is 0 Å². The summed E-state index contributed by atoms with van der Waals surface area (Å²) in [6, 6.07) is 0. The first-order chi connectivity index (χ1) is 6.72. The van der Waals surface area contributed by atoms with Crippen LogP contribution in [0.3, 0.4) is 0 Å². The van der Waals surface area contributed by atoms with Crippen molar-refractivity contribution in [2.24, 2.45) is 0 Å². The van der Waals surface area contributed by atoms with Gasteiger partial charge in [-0.05, 0) is 19.8 Å². The molecule has 0 heterocycles. The number of ether oxygens (including phenoxy) is 2. The molecule has 0 saturated carbocycles. The van der Waals surface area contributed by atoms with Crippen molar-refractivity contribution in [1.82, 2.24) is 0 Å². The maximum absolute atomic E-state index is 10.2. The molecule has 0 rings (SSSR count). The van der Waals surface area contributed by atoms with Crippen molar-refractivity contribution >= 4 is 5.97 Å². The first-order valence-corrected chi connectivity index (χ1v) is 5.09. The Labute approximate surface area is 87.1 Å². The van der Waals surface area contributed by atoms with Gasteiger partial charge in [-0.3, -0.25) is 0 Å². The van der Waals surface area contributed by atoms with Crippen LogP contribution in [0.15, 0.2) is 12.7 Å². The van der Waals surface area contributed by atoms with Crippen LogP contribution in [0.5, 0.6) is 0 Å². The third-order valence-corrected chi connectivity index (χ3v) is 1.17. The highest BCUT2D eigenvalue weighted by Gasteiger charge is 1.89. The van der Waals surface area contributed by atoms with Gasteiger partial charge in [-0.2, -0.15) is 0 Å². The van der Waals surface area contributed by atoms with E-state index < -0.39 is 0 Å². The van der Waals surface area contributed by atoms with E-state index in [0.29, 0.717) is 6.61 Å². The summed E-state index contributed by atoms with van der Waals surface area (Å²) in [5.74, 6) is -0.341. The molecule has 3 nitrogen and oxygen atoms in total. The number of carbonyl (C=O) groups excluding carboxylic acids is 1. The van der Waals surface area contributed by atoms with Gasteiger partial charge in [0.25, 0.3) is 0 Å². The molecule has 0 aliphatic carbocycles. The number of esters is 1. The quantitative estimate of drug-likeness (QED) is 0.377. The van der Waals surface area contributed by atoms with E-state index in [1.165, 1.54) is 0 Å². The Hall–Kier alpha value is -0.830. The van der Waals surface area contributed by atoms with Crippen LogP contribution < -0.4 is 0 Å². The zero-order valence-corrected chi connectivity index (χ0v) is 9.54. The standard InChI is InChI=1S/C6H10O2.C5H12O/c1-3-5-8-6(7)4-2;1-3-5-6-4-2/h4H,2-3,5H2,1H3;3-5H2,1-2H3. The summed E-state index contributed by atoms with van der Waals surface area (Å²) < 4.78 is 9.57.